The molecule has 10 nitrogen and oxygen atoms in total. The minimum Gasteiger partial charge on any atom is -0.453 e. The number of ether oxygens (including phenoxy) is 2. The predicted octanol–water partition coefficient (Wildman–Crippen LogP) is 4.77. The number of hydrogen-bond donors (Lipinski definition) is 3. The molecule has 190 valence electrons. The topological polar surface area (TPSA) is 127 Å². The van der Waals surface area contributed by atoms with Crippen LogP contribution in [0.5, 0.6) is 0 Å². The maximum Gasteiger partial charge on any atom is 0.412 e. The van der Waals surface area contributed by atoms with Gasteiger partial charge in [0.15, 0.2) is 5.82 Å². The number of pyridine rings is 1. The first-order valence-corrected chi connectivity index (χ1v) is 11.2. The van der Waals surface area contributed by atoms with Gasteiger partial charge in [0.1, 0.15) is 11.6 Å². The third-order valence-corrected chi connectivity index (χ3v) is 5.50. The van der Waals surface area contributed by atoms with E-state index >= 15 is 0 Å². The monoisotopic (exact) mass is 496 g/mol. The van der Waals surface area contributed by atoms with E-state index in [-0.39, 0.29) is 11.3 Å². The smallest absolute Gasteiger partial charge is 0.412 e. The standard InChI is InChI=1S/C25H29FN6O4/c1-15-12-18(26)20(31-23(33)29-11-8-25(2,3)36-5)14-17(15)22-28-10-7-19(30-22)16-6-9-27-21(13-16)32-24(34)35-4/h6-7,9-10,12-14H,8,11H2,1-5H3,(H,27,32,34)(H2,29,31,33). The van der Waals surface area contributed by atoms with Gasteiger partial charge in [0.25, 0.3) is 0 Å². The number of nitrogens with zero attached hydrogens (tertiary/aromatic N) is 3. The van der Waals surface area contributed by atoms with Gasteiger partial charge in [-0.05, 0) is 63.1 Å². The average molecular weight is 497 g/mol. The van der Waals surface area contributed by atoms with Crippen molar-refractivity contribution in [2.45, 2.75) is 32.8 Å². The molecule has 36 heavy (non-hydrogen) atoms. The van der Waals surface area contributed by atoms with Crippen molar-refractivity contribution in [1.29, 1.82) is 0 Å². The Labute approximate surface area is 208 Å². The van der Waals surface area contributed by atoms with Gasteiger partial charge in [0, 0.05) is 37.2 Å². The summed E-state index contributed by atoms with van der Waals surface area (Å²) in [5, 5.41) is 7.76. The zero-order valence-electron chi connectivity index (χ0n) is 20.8. The first kappa shape index (κ1) is 26.5. The number of aryl methyl sites for hydroxylation is 1. The summed E-state index contributed by atoms with van der Waals surface area (Å²) in [6.07, 6.45) is 3.05. The van der Waals surface area contributed by atoms with Crippen LogP contribution in [-0.4, -0.2) is 53.4 Å². The number of hydrogen-bond acceptors (Lipinski definition) is 7. The van der Waals surface area contributed by atoms with Crippen LogP contribution in [0.1, 0.15) is 25.8 Å². The molecular weight excluding hydrogens is 467 g/mol. The molecule has 2 aromatic heterocycles. The fourth-order valence-corrected chi connectivity index (χ4v) is 3.22. The average Bonchev–Trinajstić information content (AvgIpc) is 2.85. The number of carbonyl (C=O) groups excluding carboxylic acids is 2. The Kier molecular flexibility index (Phi) is 8.49. The predicted molar refractivity (Wildman–Crippen MR) is 134 cm³/mol. The number of amides is 3. The molecule has 0 fully saturated rings. The van der Waals surface area contributed by atoms with Gasteiger partial charge in [-0.3, -0.25) is 5.32 Å². The largest absolute Gasteiger partial charge is 0.453 e. The molecule has 0 radical (unpaired) electrons. The van der Waals surface area contributed by atoms with Crippen molar-refractivity contribution < 1.29 is 23.5 Å². The van der Waals surface area contributed by atoms with Crippen LogP contribution >= 0.6 is 0 Å². The van der Waals surface area contributed by atoms with E-state index in [9.17, 15) is 14.0 Å². The Morgan fingerprint density at radius 1 is 1.06 bits per heavy atom. The maximum atomic E-state index is 14.6. The van der Waals surface area contributed by atoms with Gasteiger partial charge in [0.05, 0.1) is 24.1 Å². The molecule has 0 atom stereocenters. The first-order valence-electron chi connectivity index (χ1n) is 11.2. The van der Waals surface area contributed by atoms with Gasteiger partial charge < -0.3 is 20.1 Å². The summed E-state index contributed by atoms with van der Waals surface area (Å²) in [6.45, 7) is 5.91. The highest BCUT2D eigenvalue weighted by atomic mass is 19.1. The Morgan fingerprint density at radius 2 is 1.81 bits per heavy atom. The van der Waals surface area contributed by atoms with E-state index < -0.39 is 17.9 Å². The zero-order chi connectivity index (χ0) is 26.3. The van der Waals surface area contributed by atoms with Gasteiger partial charge in [-0.2, -0.15) is 0 Å². The van der Waals surface area contributed by atoms with Gasteiger partial charge in [-0.15, -0.1) is 0 Å². The van der Waals surface area contributed by atoms with E-state index in [4.69, 9.17) is 4.74 Å². The number of urea groups is 1. The van der Waals surface area contributed by atoms with Crippen molar-refractivity contribution in [3.63, 3.8) is 0 Å². The molecule has 3 rings (SSSR count). The van der Waals surface area contributed by atoms with Crippen LogP contribution in [0.2, 0.25) is 0 Å². The highest BCUT2D eigenvalue weighted by Crippen LogP contribution is 2.28. The molecule has 0 unspecified atom stereocenters. The molecule has 0 aliphatic rings. The number of anilines is 2. The van der Waals surface area contributed by atoms with Crippen LogP contribution in [0.3, 0.4) is 0 Å². The second-order valence-electron chi connectivity index (χ2n) is 8.55. The molecule has 0 aliphatic heterocycles. The number of carbonyl (C=O) groups is 2. The normalized spacial score (nSPS) is 11.1. The van der Waals surface area contributed by atoms with Gasteiger partial charge >= 0.3 is 12.1 Å². The minimum absolute atomic E-state index is 0.00146. The van der Waals surface area contributed by atoms with E-state index in [2.05, 4.69) is 35.6 Å². The lowest BCUT2D eigenvalue weighted by Crippen LogP contribution is -2.34. The van der Waals surface area contributed by atoms with E-state index in [0.29, 0.717) is 47.0 Å². The molecular formula is C25H29FN6O4. The SMILES string of the molecule is COC(=O)Nc1cc(-c2ccnc(-c3cc(NC(=O)NCCC(C)(C)OC)c(F)cc3C)n2)ccn1. The van der Waals surface area contributed by atoms with Gasteiger partial charge in [-0.1, -0.05) is 0 Å². The van der Waals surface area contributed by atoms with E-state index in [0.717, 1.165) is 0 Å². The molecule has 0 saturated heterocycles. The van der Waals surface area contributed by atoms with Crippen molar-refractivity contribution in [3.05, 3.63) is 54.1 Å². The summed E-state index contributed by atoms with van der Waals surface area (Å²) in [5.74, 6) is 0.0610. The molecule has 3 amide bonds. The summed E-state index contributed by atoms with van der Waals surface area (Å²) < 4.78 is 24.6. The summed E-state index contributed by atoms with van der Waals surface area (Å²) in [4.78, 5) is 36.8. The van der Waals surface area contributed by atoms with Crippen molar-refractivity contribution in [2.24, 2.45) is 0 Å². The summed E-state index contributed by atoms with van der Waals surface area (Å²) in [5.41, 5.74) is 2.00. The van der Waals surface area contributed by atoms with Crippen LogP contribution in [0.15, 0.2) is 42.7 Å². The molecule has 3 aromatic rings. The van der Waals surface area contributed by atoms with E-state index in [1.54, 1.807) is 38.4 Å². The fourth-order valence-electron chi connectivity index (χ4n) is 3.22. The lowest BCUT2D eigenvalue weighted by molar-refractivity contribution is 0.0165. The summed E-state index contributed by atoms with van der Waals surface area (Å²) in [7, 11) is 2.86. The summed E-state index contributed by atoms with van der Waals surface area (Å²) in [6, 6.07) is 7.36. The minimum atomic E-state index is -0.642. The molecule has 3 N–H and O–H groups in total. The fraction of sp³-hybridized carbons (Fsp3) is 0.320. The number of nitrogens with one attached hydrogen (secondary N) is 3. The maximum absolute atomic E-state index is 14.6. The molecule has 1 aromatic carbocycles. The quantitative estimate of drug-likeness (QED) is 0.410. The lowest BCUT2D eigenvalue weighted by atomic mass is 10.1. The third-order valence-electron chi connectivity index (χ3n) is 5.50. The van der Waals surface area contributed by atoms with E-state index in [1.807, 2.05) is 13.8 Å². The molecule has 2 heterocycles. The highest BCUT2D eigenvalue weighted by Gasteiger charge is 2.17. The van der Waals surface area contributed by atoms with Crippen molar-refractivity contribution >= 4 is 23.6 Å². The number of rotatable bonds is 8. The highest BCUT2D eigenvalue weighted by molar-refractivity contribution is 5.90. The van der Waals surface area contributed by atoms with Gasteiger partial charge in [-0.25, -0.2) is 28.9 Å². The van der Waals surface area contributed by atoms with Crippen LogP contribution in [0.4, 0.5) is 25.5 Å². The second kappa shape index (κ2) is 11.5. The zero-order valence-corrected chi connectivity index (χ0v) is 20.8. The van der Waals surface area contributed by atoms with Crippen LogP contribution < -0.4 is 16.0 Å². The van der Waals surface area contributed by atoms with Crippen LogP contribution in [0.25, 0.3) is 22.6 Å². The van der Waals surface area contributed by atoms with E-state index in [1.165, 1.54) is 25.4 Å². The van der Waals surface area contributed by atoms with Crippen molar-refractivity contribution in [2.75, 3.05) is 31.4 Å². The lowest BCUT2D eigenvalue weighted by Gasteiger charge is -2.22. The first-order chi connectivity index (χ1) is 17.1. The number of methoxy groups -OCH3 is 2. The van der Waals surface area contributed by atoms with Crippen molar-refractivity contribution in [3.8, 4) is 22.6 Å². The number of aromatic nitrogens is 3. The Balaban J connectivity index is 1.82. The van der Waals surface area contributed by atoms with Crippen LogP contribution in [0, 0.1) is 12.7 Å². The Morgan fingerprint density at radius 3 is 2.53 bits per heavy atom. The third kappa shape index (κ3) is 6.95. The number of halogens is 1. The Bertz CT molecular complexity index is 1250. The van der Waals surface area contributed by atoms with Crippen molar-refractivity contribution in [1.82, 2.24) is 20.3 Å². The number of benzene rings is 1. The second-order valence-corrected chi connectivity index (χ2v) is 8.55. The Hall–Kier alpha value is -4.12. The van der Waals surface area contributed by atoms with Crippen LogP contribution in [-0.2, 0) is 9.47 Å². The van der Waals surface area contributed by atoms with Gasteiger partial charge in [0.2, 0.25) is 0 Å². The molecule has 0 bridgehead atoms. The molecule has 0 saturated carbocycles. The molecule has 0 aliphatic carbocycles. The molecule has 0 spiro atoms. The summed E-state index contributed by atoms with van der Waals surface area (Å²) >= 11 is 0. The molecule has 11 heteroatoms.